The Morgan fingerprint density at radius 1 is 1.44 bits per heavy atom. The van der Waals surface area contributed by atoms with Gasteiger partial charge in [0.15, 0.2) is 0 Å². The number of pyridine rings is 1. The van der Waals surface area contributed by atoms with Crippen LogP contribution < -0.4 is 0 Å². The largest absolute Gasteiger partial charge is 0.660 e. The van der Waals surface area contributed by atoms with Crippen LogP contribution in [0, 0.1) is 51.0 Å². The summed E-state index contributed by atoms with van der Waals surface area (Å²) in [6, 6.07) is 2.05. The molecular formula is C11H15AcClN3-. The molecule has 1 radical (unpaired) electrons. The van der Waals surface area contributed by atoms with E-state index >= 15 is 0 Å². The zero-order chi connectivity index (χ0) is 10.7. The van der Waals surface area contributed by atoms with Gasteiger partial charge in [-0.2, -0.15) is 0 Å². The summed E-state index contributed by atoms with van der Waals surface area (Å²) >= 11 is 5.98. The van der Waals surface area contributed by atoms with Crippen molar-refractivity contribution in [3.05, 3.63) is 33.9 Å². The van der Waals surface area contributed by atoms with Crippen LogP contribution in [0.1, 0.15) is 11.1 Å². The van der Waals surface area contributed by atoms with Crippen LogP contribution in [0.2, 0.25) is 5.15 Å². The minimum atomic E-state index is 0. The molecule has 0 amide bonds. The van der Waals surface area contributed by atoms with Crippen molar-refractivity contribution in [1.29, 1.82) is 0 Å². The Hall–Kier alpha value is 0.802. The van der Waals surface area contributed by atoms with E-state index in [0.29, 0.717) is 5.15 Å². The Kier molecular flexibility index (Phi) is 6.77. The number of piperazine rings is 1. The van der Waals surface area contributed by atoms with Gasteiger partial charge in [0.25, 0.3) is 0 Å². The summed E-state index contributed by atoms with van der Waals surface area (Å²) in [6.45, 7) is 7.01. The summed E-state index contributed by atoms with van der Waals surface area (Å²) in [7, 11) is 0. The molecule has 0 spiro atoms. The fraction of sp³-hybridized carbons (Fsp3) is 0.545. The molecule has 0 saturated carbocycles. The van der Waals surface area contributed by atoms with E-state index in [1.165, 1.54) is 5.56 Å². The van der Waals surface area contributed by atoms with Crippen LogP contribution in [-0.2, 0) is 6.54 Å². The Labute approximate surface area is 138 Å². The molecule has 16 heavy (non-hydrogen) atoms. The van der Waals surface area contributed by atoms with Gasteiger partial charge in [-0.3, -0.25) is 0 Å². The molecule has 0 bridgehead atoms. The predicted molar refractivity (Wildman–Crippen MR) is 62.4 cm³/mol. The summed E-state index contributed by atoms with van der Waals surface area (Å²) < 4.78 is 0. The Morgan fingerprint density at radius 2 is 2.12 bits per heavy atom. The number of rotatable bonds is 2. The maximum absolute atomic E-state index is 5.98. The molecule has 0 aliphatic carbocycles. The molecule has 0 atom stereocenters. The zero-order valence-electron chi connectivity index (χ0n) is 9.49. The molecule has 1 aromatic rings. The van der Waals surface area contributed by atoms with Crippen LogP contribution in [0.3, 0.4) is 0 Å². The van der Waals surface area contributed by atoms with Crippen molar-refractivity contribution < 1.29 is 44.1 Å². The number of nitrogens with zero attached hydrogens (tertiary/aromatic N) is 3. The smallest absolute Gasteiger partial charge is 0.132 e. The van der Waals surface area contributed by atoms with Crippen molar-refractivity contribution in [3.8, 4) is 0 Å². The molecule has 85 valence electrons. The first-order valence-corrected chi connectivity index (χ1v) is 5.61. The average molecular weight is 452 g/mol. The minimum absolute atomic E-state index is 0. The van der Waals surface area contributed by atoms with Crippen molar-refractivity contribution in [2.45, 2.75) is 13.5 Å². The van der Waals surface area contributed by atoms with E-state index in [-0.39, 0.29) is 44.1 Å². The first-order chi connectivity index (χ1) is 7.27. The molecule has 1 saturated heterocycles. The van der Waals surface area contributed by atoms with E-state index in [0.717, 1.165) is 38.3 Å². The van der Waals surface area contributed by atoms with E-state index < -0.39 is 0 Å². The molecule has 1 fully saturated rings. The second-order valence-electron chi connectivity index (χ2n) is 3.83. The minimum Gasteiger partial charge on any atom is -0.660 e. The van der Waals surface area contributed by atoms with Crippen molar-refractivity contribution >= 4 is 11.6 Å². The summed E-state index contributed by atoms with van der Waals surface area (Å²) in [4.78, 5) is 6.47. The van der Waals surface area contributed by atoms with Crippen LogP contribution in [0.15, 0.2) is 12.3 Å². The van der Waals surface area contributed by atoms with Gasteiger partial charge in [0.1, 0.15) is 5.15 Å². The third-order valence-corrected chi connectivity index (χ3v) is 3.18. The first-order valence-electron chi connectivity index (χ1n) is 5.23. The molecule has 1 aromatic heterocycles. The summed E-state index contributed by atoms with van der Waals surface area (Å²) in [5, 5.41) is 4.95. The maximum atomic E-state index is 5.98. The third kappa shape index (κ3) is 3.93. The van der Waals surface area contributed by atoms with Gasteiger partial charge >= 0.3 is 0 Å². The van der Waals surface area contributed by atoms with Crippen LogP contribution in [-0.4, -0.2) is 36.1 Å². The van der Waals surface area contributed by atoms with E-state index in [9.17, 15) is 0 Å². The standard InChI is InChI=1S/C11H15ClN3.Ac/c1-9-10(2-3-14-11(9)12)8-15-6-4-13-5-7-15;/h2-3H,4-8H2,1H3;/q-1;. The van der Waals surface area contributed by atoms with Crippen LogP contribution in [0.5, 0.6) is 0 Å². The fourth-order valence-electron chi connectivity index (χ4n) is 1.77. The van der Waals surface area contributed by atoms with Crippen molar-refractivity contribution in [3.63, 3.8) is 0 Å². The SMILES string of the molecule is Cc1c(CN2CC[N-]CC2)ccnc1Cl.[Ac]. The maximum Gasteiger partial charge on any atom is 0.132 e. The van der Waals surface area contributed by atoms with Crippen molar-refractivity contribution in [1.82, 2.24) is 9.88 Å². The van der Waals surface area contributed by atoms with Gasteiger partial charge in [0, 0.05) is 56.8 Å². The predicted octanol–water partition coefficient (Wildman–Crippen LogP) is 2.23. The fourth-order valence-corrected chi connectivity index (χ4v) is 1.94. The van der Waals surface area contributed by atoms with Gasteiger partial charge in [0.2, 0.25) is 0 Å². The number of hydrogen-bond donors (Lipinski definition) is 0. The summed E-state index contributed by atoms with van der Waals surface area (Å²) in [5.74, 6) is 0. The zero-order valence-corrected chi connectivity index (χ0v) is 15.0. The molecule has 5 heteroatoms. The Balaban J connectivity index is 0.00000128. The van der Waals surface area contributed by atoms with Gasteiger partial charge in [-0.15, -0.1) is 13.1 Å². The van der Waals surface area contributed by atoms with E-state index in [1.54, 1.807) is 6.20 Å². The molecule has 0 aromatic carbocycles. The first kappa shape index (κ1) is 14.9. The topological polar surface area (TPSA) is 30.2 Å². The number of halogens is 1. The quantitative estimate of drug-likeness (QED) is 0.646. The molecule has 0 N–H and O–H groups in total. The second kappa shape index (κ2) is 7.28. The van der Waals surface area contributed by atoms with Crippen molar-refractivity contribution in [2.24, 2.45) is 0 Å². The molecule has 2 heterocycles. The van der Waals surface area contributed by atoms with E-state index in [1.807, 2.05) is 13.0 Å². The van der Waals surface area contributed by atoms with E-state index in [2.05, 4.69) is 15.2 Å². The Morgan fingerprint density at radius 3 is 2.81 bits per heavy atom. The van der Waals surface area contributed by atoms with E-state index in [4.69, 9.17) is 11.6 Å². The van der Waals surface area contributed by atoms with Gasteiger partial charge in [0.05, 0.1) is 0 Å². The summed E-state index contributed by atoms with van der Waals surface area (Å²) in [5.41, 5.74) is 2.37. The molecule has 2 rings (SSSR count). The normalized spacial score (nSPS) is 16.9. The molecule has 0 unspecified atom stereocenters. The van der Waals surface area contributed by atoms with Crippen LogP contribution in [0.25, 0.3) is 5.32 Å². The molecular weight excluding hydrogens is 437 g/mol. The third-order valence-electron chi connectivity index (χ3n) is 2.80. The average Bonchev–Trinajstić information content (AvgIpc) is 2.26. The number of aromatic nitrogens is 1. The van der Waals surface area contributed by atoms with Gasteiger partial charge in [-0.25, -0.2) is 4.98 Å². The summed E-state index contributed by atoms with van der Waals surface area (Å²) in [6.07, 6.45) is 1.78. The number of hydrogen-bond acceptors (Lipinski definition) is 2. The van der Waals surface area contributed by atoms with Gasteiger partial charge in [-0.1, -0.05) is 11.6 Å². The van der Waals surface area contributed by atoms with Gasteiger partial charge in [-0.05, 0) is 37.2 Å². The molecule has 1 aliphatic rings. The Bertz CT molecular complexity index is 340. The second-order valence-corrected chi connectivity index (χ2v) is 4.19. The van der Waals surface area contributed by atoms with Crippen LogP contribution in [0.4, 0.5) is 0 Å². The molecule has 3 nitrogen and oxygen atoms in total. The van der Waals surface area contributed by atoms with Crippen LogP contribution >= 0.6 is 11.6 Å². The monoisotopic (exact) mass is 451 g/mol. The van der Waals surface area contributed by atoms with Crippen molar-refractivity contribution in [2.75, 3.05) is 26.2 Å². The molecule has 1 aliphatic heterocycles. The van der Waals surface area contributed by atoms with Gasteiger partial charge < -0.3 is 10.2 Å².